The summed E-state index contributed by atoms with van der Waals surface area (Å²) in [5.74, 6) is 7.73. The molecule has 0 saturated heterocycles. The van der Waals surface area contributed by atoms with Crippen LogP contribution in [0.5, 0.6) is 11.5 Å². The molecule has 0 aliphatic heterocycles. The third-order valence-electron chi connectivity index (χ3n) is 5.74. The molecule has 196 valence electrons. The smallest absolute Gasteiger partial charge is 0.408 e. The molecule has 4 aromatic rings. The Labute approximate surface area is 221 Å². The van der Waals surface area contributed by atoms with E-state index in [9.17, 15) is 4.79 Å². The van der Waals surface area contributed by atoms with Gasteiger partial charge in [-0.3, -0.25) is 9.97 Å². The second-order valence-corrected chi connectivity index (χ2v) is 9.68. The number of rotatable bonds is 5. The van der Waals surface area contributed by atoms with Crippen LogP contribution in [0.15, 0.2) is 42.9 Å². The molecule has 0 aliphatic carbocycles. The van der Waals surface area contributed by atoms with E-state index >= 15 is 0 Å². The minimum atomic E-state index is -0.582. The summed E-state index contributed by atoms with van der Waals surface area (Å²) in [5.41, 5.74) is 8.59. The van der Waals surface area contributed by atoms with Gasteiger partial charge in [-0.15, -0.1) is 0 Å². The van der Waals surface area contributed by atoms with Gasteiger partial charge in [-0.25, -0.2) is 9.78 Å². The summed E-state index contributed by atoms with van der Waals surface area (Å²) in [6.45, 7) is 7.39. The Hall–Kier alpha value is -4.58. The predicted octanol–water partition coefficient (Wildman–Crippen LogP) is 5.10. The normalized spacial score (nSPS) is 11.9. The lowest BCUT2D eigenvalue weighted by Gasteiger charge is -2.21. The third-order valence-corrected chi connectivity index (χ3v) is 5.74. The first-order chi connectivity index (χ1) is 18.1. The first-order valence-electron chi connectivity index (χ1n) is 12.2. The lowest BCUT2D eigenvalue weighted by Crippen LogP contribution is -2.38. The Kier molecular flexibility index (Phi) is 7.53. The van der Waals surface area contributed by atoms with Gasteiger partial charge in [0.1, 0.15) is 11.4 Å². The molecule has 9 heteroatoms. The molecule has 0 bridgehead atoms. The molecule has 3 heterocycles. The van der Waals surface area contributed by atoms with Gasteiger partial charge in [0.2, 0.25) is 0 Å². The van der Waals surface area contributed by atoms with Crippen molar-refractivity contribution in [1.29, 1.82) is 0 Å². The molecule has 1 atom stereocenters. The van der Waals surface area contributed by atoms with Gasteiger partial charge < -0.3 is 25.3 Å². The molecule has 0 aliphatic rings. The molecule has 3 aromatic heterocycles. The Bertz CT molecular complexity index is 1570. The topological polar surface area (TPSA) is 121 Å². The number of nitrogens with zero attached hydrogens (tertiary/aromatic N) is 3. The van der Waals surface area contributed by atoms with Crippen LogP contribution in [0.1, 0.15) is 39.7 Å². The van der Waals surface area contributed by atoms with E-state index in [1.807, 2.05) is 52.0 Å². The third kappa shape index (κ3) is 5.86. The quantitative estimate of drug-likeness (QED) is 0.279. The summed E-state index contributed by atoms with van der Waals surface area (Å²) < 4.78 is 16.3. The number of carbonyl (C=O) groups excluding carboxylic acids is 1. The van der Waals surface area contributed by atoms with Gasteiger partial charge in [0.25, 0.3) is 0 Å². The van der Waals surface area contributed by atoms with Crippen LogP contribution in [0.25, 0.3) is 32.9 Å². The molecule has 0 spiro atoms. The summed E-state index contributed by atoms with van der Waals surface area (Å²) in [6.07, 6.45) is 5.20. The molecule has 3 N–H and O–H groups in total. The number of hydrogen-bond acceptors (Lipinski definition) is 8. The van der Waals surface area contributed by atoms with Gasteiger partial charge in [0.05, 0.1) is 31.5 Å². The second-order valence-electron chi connectivity index (χ2n) is 9.68. The average Bonchev–Trinajstić information content (AvgIpc) is 2.89. The van der Waals surface area contributed by atoms with Gasteiger partial charge in [-0.2, -0.15) is 0 Å². The van der Waals surface area contributed by atoms with Gasteiger partial charge in [-0.1, -0.05) is 18.8 Å². The van der Waals surface area contributed by atoms with Crippen molar-refractivity contribution in [2.24, 2.45) is 0 Å². The maximum absolute atomic E-state index is 12.1. The molecule has 0 saturated carbocycles. The highest BCUT2D eigenvalue weighted by molar-refractivity contribution is 6.10. The zero-order chi connectivity index (χ0) is 27.4. The Morgan fingerprint density at radius 1 is 1.03 bits per heavy atom. The molecule has 1 aromatic carbocycles. The molecule has 4 rings (SSSR count). The van der Waals surface area contributed by atoms with Crippen molar-refractivity contribution < 1.29 is 19.0 Å². The molecular weight excluding hydrogens is 482 g/mol. The number of alkyl carbamates (subject to hydrolysis) is 1. The fraction of sp³-hybridized carbons (Fsp3) is 0.310. The van der Waals surface area contributed by atoms with E-state index in [1.54, 1.807) is 32.8 Å². The molecule has 9 nitrogen and oxygen atoms in total. The zero-order valence-electron chi connectivity index (χ0n) is 22.4. The lowest BCUT2D eigenvalue weighted by atomic mass is 10.0. The number of carbonyl (C=O) groups is 1. The summed E-state index contributed by atoms with van der Waals surface area (Å²) in [7, 11) is 3.18. The number of aromatic nitrogens is 3. The van der Waals surface area contributed by atoms with E-state index < -0.39 is 11.7 Å². The molecule has 0 unspecified atom stereocenters. The summed E-state index contributed by atoms with van der Waals surface area (Å²) in [4.78, 5) is 25.6. The van der Waals surface area contributed by atoms with E-state index in [2.05, 4.69) is 32.1 Å². The van der Waals surface area contributed by atoms with Gasteiger partial charge in [-0.05, 0) is 50.8 Å². The van der Waals surface area contributed by atoms with Gasteiger partial charge in [0, 0.05) is 46.6 Å². The number of nitrogen functional groups attached to an aromatic ring is 1. The number of hydrogen-bond donors (Lipinski definition) is 2. The highest BCUT2D eigenvalue weighted by Gasteiger charge is 2.18. The van der Waals surface area contributed by atoms with Crippen LogP contribution < -0.4 is 20.5 Å². The molecule has 1 amide bonds. The minimum Gasteiger partial charge on any atom is -0.493 e. The van der Waals surface area contributed by atoms with Crippen molar-refractivity contribution in [2.45, 2.75) is 45.8 Å². The molecule has 0 radical (unpaired) electrons. The van der Waals surface area contributed by atoms with Crippen LogP contribution in [-0.4, -0.2) is 46.9 Å². The standard InChI is InChI=1S/C29H31N5O4/c1-7-19(33-28(35)38-29(2,3)4)9-8-17-10-18(15-31-14-17)23-11-20-21-12-25(36-5)26(37-6)13-24(21)32-16-22(20)27(30)34-23/h10-16,19H,7H2,1-6H3,(H2,30,34)(H,33,35)/t19-/m1/s1. The van der Waals surface area contributed by atoms with Crippen molar-refractivity contribution in [3.8, 4) is 34.6 Å². The lowest BCUT2D eigenvalue weighted by molar-refractivity contribution is 0.0515. The monoisotopic (exact) mass is 513 g/mol. The number of methoxy groups -OCH3 is 2. The first kappa shape index (κ1) is 26.5. The minimum absolute atomic E-state index is 0.353. The zero-order valence-corrected chi connectivity index (χ0v) is 22.4. The number of fused-ring (bicyclic) bond motifs is 3. The van der Waals surface area contributed by atoms with E-state index in [-0.39, 0.29) is 6.04 Å². The van der Waals surface area contributed by atoms with Crippen LogP contribution in [0, 0.1) is 11.8 Å². The number of pyridine rings is 3. The van der Waals surface area contributed by atoms with Crippen molar-refractivity contribution in [3.63, 3.8) is 0 Å². The van der Waals surface area contributed by atoms with Crippen molar-refractivity contribution in [2.75, 3.05) is 20.0 Å². The van der Waals surface area contributed by atoms with E-state index in [0.717, 1.165) is 27.2 Å². The first-order valence-corrected chi connectivity index (χ1v) is 12.2. The largest absolute Gasteiger partial charge is 0.493 e. The van der Waals surface area contributed by atoms with Crippen LogP contribution >= 0.6 is 0 Å². The molecule has 38 heavy (non-hydrogen) atoms. The Morgan fingerprint density at radius 3 is 2.45 bits per heavy atom. The van der Waals surface area contributed by atoms with Crippen LogP contribution in [0.2, 0.25) is 0 Å². The number of benzene rings is 1. The summed E-state index contributed by atoms with van der Waals surface area (Å²) in [6, 6.07) is 7.19. The van der Waals surface area contributed by atoms with E-state index in [4.69, 9.17) is 19.9 Å². The summed E-state index contributed by atoms with van der Waals surface area (Å²) >= 11 is 0. The maximum atomic E-state index is 12.1. The number of anilines is 1. The van der Waals surface area contributed by atoms with E-state index in [1.165, 1.54) is 0 Å². The Morgan fingerprint density at radius 2 is 1.76 bits per heavy atom. The highest BCUT2D eigenvalue weighted by atomic mass is 16.6. The predicted molar refractivity (Wildman–Crippen MR) is 148 cm³/mol. The Balaban J connectivity index is 1.70. The van der Waals surface area contributed by atoms with Crippen molar-refractivity contribution in [3.05, 3.63) is 48.4 Å². The van der Waals surface area contributed by atoms with E-state index in [0.29, 0.717) is 35.0 Å². The second kappa shape index (κ2) is 10.8. The number of nitrogens with two attached hydrogens (primary N) is 1. The SMILES string of the molecule is CC[C@H](C#Cc1cncc(-c2cc3c(cnc4cc(OC)c(OC)cc43)c(N)n2)c1)NC(=O)OC(C)(C)C. The number of nitrogens with one attached hydrogen (secondary N) is 1. The molecule has 0 fully saturated rings. The maximum Gasteiger partial charge on any atom is 0.408 e. The highest BCUT2D eigenvalue weighted by Crippen LogP contribution is 2.36. The summed E-state index contributed by atoms with van der Waals surface area (Å²) in [5, 5.41) is 5.26. The van der Waals surface area contributed by atoms with Crippen LogP contribution in [0.3, 0.4) is 0 Å². The van der Waals surface area contributed by atoms with Crippen LogP contribution in [0.4, 0.5) is 10.6 Å². The van der Waals surface area contributed by atoms with Gasteiger partial charge >= 0.3 is 6.09 Å². The number of ether oxygens (including phenoxy) is 3. The fourth-order valence-electron chi connectivity index (χ4n) is 3.91. The van der Waals surface area contributed by atoms with Crippen molar-refractivity contribution in [1.82, 2.24) is 20.3 Å². The average molecular weight is 514 g/mol. The fourth-order valence-corrected chi connectivity index (χ4v) is 3.91. The number of amides is 1. The van der Waals surface area contributed by atoms with Crippen molar-refractivity contribution >= 4 is 33.6 Å². The van der Waals surface area contributed by atoms with Gasteiger partial charge in [0.15, 0.2) is 11.5 Å². The molecular formula is C29H31N5O4. The van der Waals surface area contributed by atoms with Crippen LogP contribution in [-0.2, 0) is 4.74 Å².